The highest BCUT2D eigenvalue weighted by Gasteiger charge is 2.28. The molecule has 20 heavy (non-hydrogen) atoms. The summed E-state index contributed by atoms with van der Waals surface area (Å²) in [6, 6.07) is 7.28. The number of anilines is 2. The summed E-state index contributed by atoms with van der Waals surface area (Å²) in [5, 5.41) is 14.0. The van der Waals surface area contributed by atoms with E-state index in [-0.39, 0.29) is 23.4 Å². The van der Waals surface area contributed by atoms with E-state index < -0.39 is 4.92 Å². The lowest BCUT2D eigenvalue weighted by molar-refractivity contribution is -0.383. The highest BCUT2D eigenvalue weighted by Crippen LogP contribution is 2.36. The average molecular weight is 273 g/mol. The van der Waals surface area contributed by atoms with Crippen LogP contribution in [-0.2, 0) is 0 Å². The zero-order chi connectivity index (χ0) is 14.1. The van der Waals surface area contributed by atoms with Gasteiger partial charge in [0.05, 0.1) is 11.0 Å². The van der Waals surface area contributed by atoms with E-state index in [2.05, 4.69) is 15.3 Å². The highest BCUT2D eigenvalue weighted by molar-refractivity contribution is 5.68. The van der Waals surface area contributed by atoms with E-state index in [1.165, 1.54) is 6.33 Å². The van der Waals surface area contributed by atoms with Gasteiger partial charge in [0, 0.05) is 5.56 Å². The number of nitrogens with one attached hydrogen (secondary N) is 1. The molecule has 0 saturated carbocycles. The number of nitrogens with two attached hydrogens (primary N) is 1. The predicted molar refractivity (Wildman–Crippen MR) is 71.4 cm³/mol. The first-order chi connectivity index (χ1) is 9.66. The van der Waals surface area contributed by atoms with E-state index in [0.717, 1.165) is 11.3 Å². The zero-order valence-electron chi connectivity index (χ0n) is 10.3. The van der Waals surface area contributed by atoms with E-state index in [1.54, 1.807) is 0 Å². The number of aromatic nitrogens is 2. The lowest BCUT2D eigenvalue weighted by atomic mass is 10.1. The van der Waals surface area contributed by atoms with Gasteiger partial charge in [0.15, 0.2) is 0 Å². The molecule has 8 nitrogen and oxygen atoms in total. The van der Waals surface area contributed by atoms with Crippen molar-refractivity contribution in [1.29, 1.82) is 0 Å². The first kappa shape index (κ1) is 12.2. The molecule has 0 saturated heterocycles. The second kappa shape index (κ2) is 4.65. The summed E-state index contributed by atoms with van der Waals surface area (Å²) < 4.78 is 5.51. The van der Waals surface area contributed by atoms with Crippen LogP contribution in [0.4, 0.5) is 17.3 Å². The van der Waals surface area contributed by atoms with Crippen molar-refractivity contribution in [3.05, 3.63) is 46.3 Å². The van der Waals surface area contributed by atoms with Crippen LogP contribution in [0.25, 0.3) is 0 Å². The lowest BCUT2D eigenvalue weighted by Gasteiger charge is -2.12. The molecule has 1 aromatic carbocycles. The first-order valence-corrected chi connectivity index (χ1v) is 5.90. The van der Waals surface area contributed by atoms with Gasteiger partial charge in [-0.15, -0.1) is 0 Å². The summed E-state index contributed by atoms with van der Waals surface area (Å²) in [6.07, 6.45) is 1.19. The number of fused-ring (bicyclic) bond motifs is 1. The van der Waals surface area contributed by atoms with E-state index >= 15 is 0 Å². The molecular formula is C12H11N5O3. The Bertz CT molecular complexity index is 676. The second-order valence-corrected chi connectivity index (χ2v) is 4.26. The SMILES string of the molecule is Nc1ncnc(NC2COc3ccccc32)c1[N+](=O)[O-]. The normalized spacial score (nSPS) is 16.3. The molecule has 0 radical (unpaired) electrons. The fourth-order valence-corrected chi connectivity index (χ4v) is 2.13. The van der Waals surface area contributed by atoms with Gasteiger partial charge in [0.25, 0.3) is 0 Å². The number of hydrogen-bond acceptors (Lipinski definition) is 7. The van der Waals surface area contributed by atoms with E-state index in [0.29, 0.717) is 6.61 Å². The Labute approximate surface area is 113 Å². The Morgan fingerprint density at radius 3 is 3.00 bits per heavy atom. The fraction of sp³-hybridized carbons (Fsp3) is 0.167. The number of nitrogens with zero attached hydrogens (tertiary/aromatic N) is 3. The minimum Gasteiger partial charge on any atom is -0.491 e. The van der Waals surface area contributed by atoms with Crippen LogP contribution in [0.2, 0.25) is 0 Å². The van der Waals surface area contributed by atoms with Crippen molar-refractivity contribution in [2.45, 2.75) is 6.04 Å². The second-order valence-electron chi connectivity index (χ2n) is 4.26. The summed E-state index contributed by atoms with van der Waals surface area (Å²) >= 11 is 0. The van der Waals surface area contributed by atoms with Crippen LogP contribution in [0.1, 0.15) is 11.6 Å². The van der Waals surface area contributed by atoms with Crippen molar-refractivity contribution in [2.75, 3.05) is 17.7 Å². The van der Waals surface area contributed by atoms with Crippen molar-refractivity contribution in [3.63, 3.8) is 0 Å². The Kier molecular flexibility index (Phi) is 2.82. The van der Waals surface area contributed by atoms with Crippen LogP contribution in [0, 0.1) is 10.1 Å². The van der Waals surface area contributed by atoms with Crippen LogP contribution in [-0.4, -0.2) is 21.5 Å². The molecule has 1 atom stereocenters. The number of ether oxygens (including phenoxy) is 1. The quantitative estimate of drug-likeness (QED) is 0.643. The Hall–Kier alpha value is -2.90. The zero-order valence-corrected chi connectivity index (χ0v) is 10.3. The first-order valence-electron chi connectivity index (χ1n) is 5.90. The molecule has 0 aliphatic carbocycles. The van der Waals surface area contributed by atoms with E-state index in [1.807, 2.05) is 24.3 Å². The third-order valence-corrected chi connectivity index (χ3v) is 3.04. The van der Waals surface area contributed by atoms with Gasteiger partial charge in [-0.3, -0.25) is 10.1 Å². The molecule has 1 aromatic heterocycles. The molecule has 8 heteroatoms. The number of para-hydroxylation sites is 1. The Balaban J connectivity index is 1.94. The highest BCUT2D eigenvalue weighted by atomic mass is 16.6. The smallest absolute Gasteiger partial charge is 0.353 e. The van der Waals surface area contributed by atoms with Gasteiger partial charge in [-0.1, -0.05) is 18.2 Å². The molecule has 3 N–H and O–H groups in total. The number of nitrogen functional groups attached to an aromatic ring is 1. The molecule has 0 amide bonds. The molecule has 2 aromatic rings. The maximum atomic E-state index is 11.0. The molecule has 1 unspecified atom stereocenters. The molecule has 102 valence electrons. The average Bonchev–Trinajstić information content (AvgIpc) is 2.82. The molecular weight excluding hydrogens is 262 g/mol. The maximum absolute atomic E-state index is 11.0. The van der Waals surface area contributed by atoms with Crippen LogP contribution < -0.4 is 15.8 Å². The maximum Gasteiger partial charge on any atom is 0.353 e. The van der Waals surface area contributed by atoms with Crippen molar-refractivity contribution < 1.29 is 9.66 Å². The van der Waals surface area contributed by atoms with Crippen molar-refractivity contribution in [1.82, 2.24) is 9.97 Å². The fourth-order valence-electron chi connectivity index (χ4n) is 2.13. The lowest BCUT2D eigenvalue weighted by Crippen LogP contribution is -2.15. The summed E-state index contributed by atoms with van der Waals surface area (Å²) in [6.45, 7) is 0.375. The largest absolute Gasteiger partial charge is 0.491 e. The van der Waals surface area contributed by atoms with Gasteiger partial charge in [-0.2, -0.15) is 0 Å². The molecule has 0 fully saturated rings. The van der Waals surface area contributed by atoms with Crippen LogP contribution in [0.15, 0.2) is 30.6 Å². The molecule has 0 spiro atoms. The van der Waals surface area contributed by atoms with Crippen molar-refractivity contribution in [3.8, 4) is 5.75 Å². The minimum atomic E-state index is -0.598. The third-order valence-electron chi connectivity index (χ3n) is 3.04. The molecule has 1 aliphatic rings. The number of rotatable bonds is 3. The Morgan fingerprint density at radius 1 is 1.40 bits per heavy atom. The predicted octanol–water partition coefficient (Wildman–Crippen LogP) is 1.51. The van der Waals surface area contributed by atoms with E-state index in [4.69, 9.17) is 10.5 Å². The summed E-state index contributed by atoms with van der Waals surface area (Å²) in [4.78, 5) is 18.0. The van der Waals surface area contributed by atoms with Crippen LogP contribution >= 0.6 is 0 Å². The molecule has 2 heterocycles. The van der Waals surface area contributed by atoms with Gasteiger partial charge in [0.2, 0.25) is 11.6 Å². The number of nitro groups is 1. The minimum absolute atomic E-state index is 0.0906. The summed E-state index contributed by atoms with van der Waals surface area (Å²) in [7, 11) is 0. The van der Waals surface area contributed by atoms with E-state index in [9.17, 15) is 10.1 Å². The molecule has 0 bridgehead atoms. The van der Waals surface area contributed by atoms with Crippen molar-refractivity contribution >= 4 is 17.3 Å². The Morgan fingerprint density at radius 2 is 2.20 bits per heavy atom. The summed E-state index contributed by atoms with van der Waals surface area (Å²) in [5.74, 6) is 0.683. The van der Waals surface area contributed by atoms with Crippen LogP contribution in [0.5, 0.6) is 5.75 Å². The van der Waals surface area contributed by atoms with Crippen molar-refractivity contribution in [2.24, 2.45) is 0 Å². The van der Waals surface area contributed by atoms with Gasteiger partial charge in [-0.25, -0.2) is 9.97 Å². The van der Waals surface area contributed by atoms with Crippen LogP contribution in [0.3, 0.4) is 0 Å². The van der Waals surface area contributed by atoms with Gasteiger partial charge in [-0.05, 0) is 6.07 Å². The monoisotopic (exact) mass is 273 g/mol. The number of hydrogen-bond donors (Lipinski definition) is 2. The van der Waals surface area contributed by atoms with Gasteiger partial charge >= 0.3 is 5.69 Å². The third kappa shape index (κ3) is 1.96. The van der Waals surface area contributed by atoms with Gasteiger partial charge < -0.3 is 15.8 Å². The number of benzene rings is 1. The van der Waals surface area contributed by atoms with Gasteiger partial charge in [0.1, 0.15) is 18.7 Å². The summed E-state index contributed by atoms with van der Waals surface area (Å²) in [5.41, 5.74) is 6.13. The topological polar surface area (TPSA) is 116 Å². The standard InChI is InChI=1S/C12H11N5O3/c13-11-10(17(18)19)12(15-6-14-11)16-8-5-20-9-4-2-1-3-7(8)9/h1-4,6,8H,5H2,(H3,13,14,15,16). The molecule has 1 aliphatic heterocycles. The molecule has 3 rings (SSSR count).